The summed E-state index contributed by atoms with van der Waals surface area (Å²) in [7, 11) is 1.66. The van der Waals surface area contributed by atoms with E-state index in [-0.39, 0.29) is 19.3 Å². The molecule has 9 heteroatoms. The molecule has 1 aliphatic carbocycles. The number of hydrogen-bond donors (Lipinski definition) is 2. The highest BCUT2D eigenvalue weighted by Gasteiger charge is 2.24. The van der Waals surface area contributed by atoms with E-state index in [1.165, 1.54) is 11.1 Å². The molecule has 1 aliphatic heterocycles. The third-order valence-corrected chi connectivity index (χ3v) is 7.01. The van der Waals surface area contributed by atoms with E-state index >= 15 is 0 Å². The lowest BCUT2D eigenvalue weighted by Crippen LogP contribution is -2.32. The summed E-state index contributed by atoms with van der Waals surface area (Å²) >= 11 is 0. The maximum atomic E-state index is 12.8. The summed E-state index contributed by atoms with van der Waals surface area (Å²) in [4.78, 5) is 11.4. The van der Waals surface area contributed by atoms with Crippen molar-refractivity contribution in [3.63, 3.8) is 0 Å². The van der Waals surface area contributed by atoms with Crippen LogP contribution in [0.3, 0.4) is 0 Å². The average Bonchev–Trinajstić information content (AvgIpc) is 3.27. The molecule has 0 unspecified atom stereocenters. The van der Waals surface area contributed by atoms with Crippen LogP contribution in [0.5, 0.6) is 5.75 Å². The van der Waals surface area contributed by atoms with Crippen LogP contribution < -0.4 is 10.1 Å². The van der Waals surface area contributed by atoms with Crippen molar-refractivity contribution in [2.45, 2.75) is 44.7 Å². The maximum absolute atomic E-state index is 12.8. The van der Waals surface area contributed by atoms with Gasteiger partial charge in [-0.1, -0.05) is 0 Å². The van der Waals surface area contributed by atoms with Crippen LogP contribution in [-0.4, -0.2) is 63.2 Å². The number of nitrogens with one attached hydrogen (secondary N) is 1. The zero-order valence-electron chi connectivity index (χ0n) is 19.0. The number of aromatic nitrogens is 4. The number of nitrogens with zero attached hydrogens (tertiary/aromatic N) is 5. The fraction of sp³-hybridized carbons (Fsp3) is 0.542. The van der Waals surface area contributed by atoms with Gasteiger partial charge >= 0.3 is 0 Å². The van der Waals surface area contributed by atoms with E-state index in [1.54, 1.807) is 13.3 Å². The van der Waals surface area contributed by atoms with E-state index < -0.39 is 0 Å². The topological polar surface area (TPSA) is 88.3 Å². The summed E-state index contributed by atoms with van der Waals surface area (Å²) in [5, 5.41) is 18.3. The van der Waals surface area contributed by atoms with Crippen molar-refractivity contribution in [2.24, 2.45) is 5.92 Å². The lowest BCUT2D eigenvalue weighted by molar-refractivity contribution is 0.166. The Morgan fingerprint density at radius 3 is 2.79 bits per heavy atom. The first kappa shape index (κ1) is 22.0. The normalized spacial score (nSPS) is 21.2. The average molecular weight is 455 g/mol. The van der Waals surface area contributed by atoms with Crippen LogP contribution in [0.1, 0.15) is 42.9 Å². The van der Waals surface area contributed by atoms with Gasteiger partial charge in [-0.3, -0.25) is 4.90 Å². The molecule has 0 radical (unpaired) electrons. The number of aliphatic hydroxyl groups is 1. The maximum Gasteiger partial charge on any atom is 0.229 e. The number of fused-ring (bicyclic) bond motifs is 2. The second kappa shape index (κ2) is 9.61. The van der Waals surface area contributed by atoms with Crippen molar-refractivity contribution in [2.75, 3.05) is 38.8 Å². The molecule has 0 saturated heterocycles. The Morgan fingerprint density at radius 2 is 2.03 bits per heavy atom. The molecule has 2 aromatic heterocycles. The molecule has 5 rings (SSSR count). The predicted molar refractivity (Wildman–Crippen MR) is 125 cm³/mol. The monoisotopic (exact) mass is 454 g/mol. The zero-order valence-corrected chi connectivity index (χ0v) is 19.0. The van der Waals surface area contributed by atoms with Crippen LogP contribution >= 0.6 is 0 Å². The van der Waals surface area contributed by atoms with E-state index in [4.69, 9.17) is 9.72 Å². The van der Waals surface area contributed by atoms with Gasteiger partial charge in [0.1, 0.15) is 12.4 Å². The number of rotatable bonds is 7. The molecule has 1 fully saturated rings. The molecule has 176 valence electrons. The van der Waals surface area contributed by atoms with E-state index in [0.29, 0.717) is 18.4 Å². The molecule has 0 bridgehead atoms. The smallest absolute Gasteiger partial charge is 0.229 e. The van der Waals surface area contributed by atoms with E-state index in [1.807, 2.05) is 10.9 Å². The number of anilines is 2. The van der Waals surface area contributed by atoms with Crippen molar-refractivity contribution in [1.29, 1.82) is 0 Å². The standard InChI is InChI=1S/C24H31FN6O2/c1-33-22-11-17-6-8-30(9-7-25)14-18(17)10-21(22)28-24-26-12-19-13-27-31(23(19)29-24)20-4-2-16(15-32)3-5-20/h10-13,16,20,32H,2-9,14-15H2,1H3,(H,26,28,29). The first-order chi connectivity index (χ1) is 16.2. The summed E-state index contributed by atoms with van der Waals surface area (Å²) < 4.78 is 20.5. The van der Waals surface area contributed by atoms with Gasteiger partial charge in [0.2, 0.25) is 5.95 Å². The lowest BCUT2D eigenvalue weighted by Gasteiger charge is -2.29. The largest absolute Gasteiger partial charge is 0.495 e. The summed E-state index contributed by atoms with van der Waals surface area (Å²) in [5.41, 5.74) is 4.02. The van der Waals surface area contributed by atoms with Gasteiger partial charge in [0, 0.05) is 32.4 Å². The minimum Gasteiger partial charge on any atom is -0.495 e. The van der Waals surface area contributed by atoms with Crippen molar-refractivity contribution >= 4 is 22.7 Å². The van der Waals surface area contributed by atoms with E-state index in [0.717, 1.165) is 67.7 Å². The van der Waals surface area contributed by atoms with Gasteiger partial charge in [-0.05, 0) is 61.3 Å². The molecule has 1 saturated carbocycles. The van der Waals surface area contributed by atoms with Crippen molar-refractivity contribution in [1.82, 2.24) is 24.6 Å². The molecule has 0 atom stereocenters. The highest BCUT2D eigenvalue weighted by atomic mass is 19.1. The quantitative estimate of drug-likeness (QED) is 0.564. The van der Waals surface area contributed by atoms with Crippen LogP contribution in [0.15, 0.2) is 24.5 Å². The minimum atomic E-state index is -0.334. The molecular formula is C24H31FN6O2. The van der Waals surface area contributed by atoms with Crippen LogP contribution in [-0.2, 0) is 13.0 Å². The first-order valence-corrected chi connectivity index (χ1v) is 11.7. The Bertz CT molecular complexity index is 1110. The Morgan fingerprint density at radius 1 is 1.18 bits per heavy atom. The second-order valence-electron chi connectivity index (χ2n) is 9.08. The Kier molecular flexibility index (Phi) is 6.41. The minimum absolute atomic E-state index is 0.261. The molecule has 1 aromatic carbocycles. The number of methoxy groups -OCH3 is 1. The molecular weight excluding hydrogens is 423 g/mol. The second-order valence-corrected chi connectivity index (χ2v) is 9.08. The van der Waals surface area contributed by atoms with Gasteiger partial charge in [-0.2, -0.15) is 10.1 Å². The number of benzene rings is 1. The zero-order chi connectivity index (χ0) is 22.8. The molecule has 0 spiro atoms. The van der Waals surface area contributed by atoms with Crippen LogP contribution in [0.25, 0.3) is 11.0 Å². The van der Waals surface area contributed by atoms with Gasteiger partial charge in [0.05, 0.1) is 30.4 Å². The third kappa shape index (κ3) is 4.52. The molecule has 33 heavy (non-hydrogen) atoms. The summed E-state index contributed by atoms with van der Waals surface area (Å²) in [6.07, 6.45) is 8.48. The summed E-state index contributed by atoms with van der Waals surface area (Å²) in [6, 6.07) is 4.42. The van der Waals surface area contributed by atoms with Gasteiger partial charge in [0.25, 0.3) is 0 Å². The van der Waals surface area contributed by atoms with Gasteiger partial charge in [-0.15, -0.1) is 0 Å². The first-order valence-electron chi connectivity index (χ1n) is 11.7. The number of ether oxygens (including phenoxy) is 1. The Balaban J connectivity index is 1.40. The Labute approximate surface area is 192 Å². The molecule has 8 nitrogen and oxygen atoms in total. The van der Waals surface area contributed by atoms with Gasteiger partial charge in [0.15, 0.2) is 5.65 Å². The molecule has 2 aliphatic rings. The van der Waals surface area contributed by atoms with Crippen LogP contribution in [0.2, 0.25) is 0 Å². The number of hydrogen-bond acceptors (Lipinski definition) is 7. The van der Waals surface area contributed by atoms with Crippen molar-refractivity contribution < 1.29 is 14.2 Å². The lowest BCUT2D eigenvalue weighted by atomic mass is 9.87. The summed E-state index contributed by atoms with van der Waals surface area (Å²) in [6.45, 7) is 1.97. The predicted octanol–water partition coefficient (Wildman–Crippen LogP) is 3.63. The fourth-order valence-electron chi connectivity index (χ4n) is 5.08. The third-order valence-electron chi connectivity index (χ3n) is 7.01. The SMILES string of the molecule is COc1cc2c(cc1Nc1ncc3cnn(C4CCC(CO)CC4)c3n1)CN(CCF)CC2. The van der Waals surface area contributed by atoms with Gasteiger partial charge in [-0.25, -0.2) is 14.1 Å². The van der Waals surface area contributed by atoms with E-state index in [9.17, 15) is 9.50 Å². The van der Waals surface area contributed by atoms with Crippen molar-refractivity contribution in [3.05, 3.63) is 35.7 Å². The van der Waals surface area contributed by atoms with Crippen LogP contribution in [0, 0.1) is 5.92 Å². The number of alkyl halides is 1. The molecule has 2 N–H and O–H groups in total. The number of halogens is 1. The fourth-order valence-corrected chi connectivity index (χ4v) is 5.08. The summed E-state index contributed by atoms with van der Waals surface area (Å²) in [5.74, 6) is 1.63. The van der Waals surface area contributed by atoms with E-state index in [2.05, 4.69) is 32.4 Å². The molecule has 3 aromatic rings. The number of aliphatic hydroxyl groups excluding tert-OH is 1. The molecule has 3 heterocycles. The molecule has 0 amide bonds. The van der Waals surface area contributed by atoms with Crippen molar-refractivity contribution in [3.8, 4) is 5.75 Å². The Hall–Kier alpha value is -2.78. The van der Waals surface area contributed by atoms with Crippen LogP contribution in [0.4, 0.5) is 16.0 Å². The van der Waals surface area contributed by atoms with Gasteiger partial charge < -0.3 is 15.2 Å². The highest BCUT2D eigenvalue weighted by molar-refractivity contribution is 5.76. The highest BCUT2D eigenvalue weighted by Crippen LogP contribution is 2.35.